The average molecular weight is 845 g/mol. The van der Waals surface area contributed by atoms with Crippen molar-refractivity contribution in [1.29, 1.82) is 0 Å². The maximum Gasteiger partial charge on any atom is 0.309 e. The van der Waals surface area contributed by atoms with Crippen LogP contribution in [0.1, 0.15) is 175 Å². The lowest BCUT2D eigenvalue weighted by atomic mass is 9.37. The van der Waals surface area contributed by atoms with Gasteiger partial charge >= 0.3 is 11.9 Å². The first-order valence-electron chi connectivity index (χ1n) is 24.6. The van der Waals surface area contributed by atoms with Crippen LogP contribution in [0.25, 0.3) is 0 Å². The number of aryl methyl sites for hydroxylation is 1. The molecule has 342 valence electrons. The van der Waals surface area contributed by atoms with Crippen LogP contribution >= 0.6 is 0 Å². The number of carbonyl (C=O) groups excluding carboxylic acids is 2. The molecular weight excluding hydrogens is 761 g/mol. The van der Waals surface area contributed by atoms with E-state index in [1.807, 2.05) is 13.8 Å². The summed E-state index contributed by atoms with van der Waals surface area (Å²) in [6.45, 7) is 29.8. The Morgan fingerprint density at radius 2 is 1.69 bits per heavy atom. The van der Waals surface area contributed by atoms with Crippen LogP contribution in [-0.4, -0.2) is 75.6 Å². The molecule has 1 aliphatic heterocycles. The molecule has 1 aromatic heterocycles. The van der Waals surface area contributed by atoms with Crippen LogP contribution in [0.5, 0.6) is 0 Å². The first-order chi connectivity index (χ1) is 28.6. The molecule has 0 bridgehead atoms. The van der Waals surface area contributed by atoms with Crippen molar-refractivity contribution in [1.82, 2.24) is 19.4 Å². The summed E-state index contributed by atoms with van der Waals surface area (Å²) in [6.07, 6.45) is 15.0. The first-order valence-corrected chi connectivity index (χ1v) is 24.6. The third kappa shape index (κ3) is 7.46. The number of allylic oxidation sites excluding steroid dienone is 1. The van der Waals surface area contributed by atoms with Gasteiger partial charge in [-0.25, -0.2) is 4.98 Å². The lowest BCUT2D eigenvalue weighted by Gasteiger charge is -2.68. The topological polar surface area (TPSA) is 105 Å². The van der Waals surface area contributed by atoms with E-state index in [0.29, 0.717) is 41.9 Å². The van der Waals surface area contributed by atoms with Gasteiger partial charge in [-0.2, -0.15) is 0 Å². The molecule has 6 fully saturated rings. The van der Waals surface area contributed by atoms with E-state index in [-0.39, 0.29) is 45.7 Å². The van der Waals surface area contributed by atoms with Crippen molar-refractivity contribution in [3.05, 3.63) is 29.4 Å². The molecule has 7 rings (SSSR count). The normalized spacial score (nSPS) is 37.4. The third-order valence-electron chi connectivity index (χ3n) is 19.9. The number of esters is 1. The lowest BCUT2D eigenvalue weighted by Crippen LogP contribution is -2.63. The van der Waals surface area contributed by atoms with E-state index < -0.39 is 17.3 Å². The molecule has 1 aromatic rings. The Balaban J connectivity index is 1.12. The number of fused-ring (bicyclic) bond motifs is 5. The molecule has 0 unspecified atom stereocenters. The van der Waals surface area contributed by atoms with Crippen LogP contribution in [0.4, 0.5) is 0 Å². The van der Waals surface area contributed by atoms with Crippen molar-refractivity contribution in [3.63, 3.8) is 0 Å². The van der Waals surface area contributed by atoms with Gasteiger partial charge in [0.2, 0.25) is 5.91 Å². The minimum absolute atomic E-state index is 0.0310. The summed E-state index contributed by atoms with van der Waals surface area (Å²) < 4.78 is 8.96. The summed E-state index contributed by atoms with van der Waals surface area (Å²) in [4.78, 5) is 51.1. The number of aromatic nitrogens is 2. The number of carboxylic acids is 1. The zero-order valence-electron chi connectivity index (χ0n) is 40.5. The molecular formula is C52H84N4O5. The van der Waals surface area contributed by atoms with Gasteiger partial charge in [0.15, 0.2) is 0 Å². The number of unbranched alkanes of at least 4 members (excludes halogenated alkanes) is 1. The van der Waals surface area contributed by atoms with Crippen LogP contribution in [0.15, 0.2) is 12.2 Å². The predicted molar refractivity (Wildman–Crippen MR) is 243 cm³/mol. The smallest absolute Gasteiger partial charge is 0.309 e. The SMILES string of the molecule is C=C(C)[C@@H]1CC[C@]2(C(=O)N3CCC[C@H]3c3nc(C)c(C)n3CCN(C)C)CC[C@]3(C)[C@H](CC[C@@H]4C[C@H](C(C)(C)[C@H](CCCC)OC(=O)[C@H]5C[C@@H](C(=O)O)C5(C)C)CC[C@]43C)[C@@H]12. The number of hydrogen-bond donors (Lipinski definition) is 1. The van der Waals surface area contributed by atoms with Crippen molar-refractivity contribution in [2.45, 2.75) is 184 Å². The van der Waals surface area contributed by atoms with E-state index in [4.69, 9.17) is 9.72 Å². The van der Waals surface area contributed by atoms with E-state index in [2.05, 4.69) is 90.4 Å². The molecule has 9 heteroatoms. The van der Waals surface area contributed by atoms with E-state index >= 15 is 4.79 Å². The molecule has 2 heterocycles. The zero-order valence-corrected chi connectivity index (χ0v) is 40.5. The molecule has 9 nitrogen and oxygen atoms in total. The predicted octanol–water partition coefficient (Wildman–Crippen LogP) is 10.8. The number of likely N-dealkylation sites (N-methyl/N-ethyl adjacent to an activating group) is 1. The van der Waals surface area contributed by atoms with Crippen LogP contribution in [0, 0.1) is 82.3 Å². The summed E-state index contributed by atoms with van der Waals surface area (Å²) >= 11 is 0. The van der Waals surface area contributed by atoms with E-state index in [1.54, 1.807) is 0 Å². The molecule has 0 radical (unpaired) electrons. The van der Waals surface area contributed by atoms with Crippen LogP contribution in [-0.2, 0) is 25.7 Å². The highest BCUT2D eigenvalue weighted by molar-refractivity contribution is 5.85. The second-order valence-electron chi connectivity index (χ2n) is 23.5. The summed E-state index contributed by atoms with van der Waals surface area (Å²) in [5.74, 6) is 1.80. The summed E-state index contributed by atoms with van der Waals surface area (Å²) in [6, 6.07) is 0.0310. The number of nitrogens with zero attached hydrogens (tertiary/aromatic N) is 4. The number of imidazole rings is 1. The van der Waals surface area contributed by atoms with Crippen LogP contribution in [0.2, 0.25) is 0 Å². The van der Waals surface area contributed by atoms with Crippen molar-refractivity contribution in [2.24, 2.45) is 68.5 Å². The lowest BCUT2D eigenvalue weighted by molar-refractivity contribution is -0.201. The molecule has 0 spiro atoms. The molecule has 1 saturated heterocycles. The van der Waals surface area contributed by atoms with Gasteiger partial charge in [-0.3, -0.25) is 14.4 Å². The van der Waals surface area contributed by atoms with E-state index in [9.17, 15) is 14.7 Å². The first kappa shape index (κ1) is 46.3. The van der Waals surface area contributed by atoms with Gasteiger partial charge in [-0.05, 0) is 164 Å². The average Bonchev–Trinajstić information content (AvgIpc) is 3.91. The van der Waals surface area contributed by atoms with E-state index in [0.717, 1.165) is 108 Å². The summed E-state index contributed by atoms with van der Waals surface area (Å²) in [7, 11) is 4.25. The quantitative estimate of drug-likeness (QED) is 0.147. The number of carboxylic acid groups (broad SMARTS) is 1. The minimum Gasteiger partial charge on any atom is -0.481 e. The molecule has 5 aliphatic carbocycles. The Kier molecular flexibility index (Phi) is 12.7. The van der Waals surface area contributed by atoms with Gasteiger partial charge in [-0.15, -0.1) is 0 Å². The largest absolute Gasteiger partial charge is 0.481 e. The fourth-order valence-electron chi connectivity index (χ4n) is 15.2. The number of ether oxygens (including phenoxy) is 1. The van der Waals surface area contributed by atoms with Crippen molar-refractivity contribution in [2.75, 3.05) is 27.2 Å². The maximum atomic E-state index is 15.7. The fourth-order valence-corrected chi connectivity index (χ4v) is 15.2. The molecule has 1 amide bonds. The van der Waals surface area contributed by atoms with Gasteiger partial charge in [0.05, 0.1) is 29.0 Å². The molecule has 1 N–H and O–H groups in total. The van der Waals surface area contributed by atoms with E-state index in [1.165, 1.54) is 24.1 Å². The van der Waals surface area contributed by atoms with Gasteiger partial charge in [0, 0.05) is 30.7 Å². The zero-order chi connectivity index (χ0) is 44.6. The van der Waals surface area contributed by atoms with Gasteiger partial charge in [-0.1, -0.05) is 73.5 Å². The number of amides is 1. The highest BCUT2D eigenvalue weighted by Crippen LogP contribution is 2.74. The monoisotopic (exact) mass is 845 g/mol. The van der Waals surface area contributed by atoms with Crippen LogP contribution < -0.4 is 0 Å². The Morgan fingerprint density at radius 3 is 2.33 bits per heavy atom. The molecule has 61 heavy (non-hydrogen) atoms. The van der Waals surface area contributed by atoms with Crippen LogP contribution in [0.3, 0.4) is 0 Å². The second-order valence-corrected chi connectivity index (χ2v) is 23.5. The van der Waals surface area contributed by atoms with Gasteiger partial charge in [0.25, 0.3) is 0 Å². The molecule has 0 aromatic carbocycles. The molecule has 6 aliphatic rings. The molecule has 5 saturated carbocycles. The van der Waals surface area contributed by atoms with Crippen molar-refractivity contribution in [3.8, 4) is 0 Å². The van der Waals surface area contributed by atoms with Crippen molar-refractivity contribution >= 4 is 17.8 Å². The molecule has 12 atom stereocenters. The number of likely N-dealkylation sites (tertiary alicyclic amines) is 1. The Bertz CT molecular complexity index is 1850. The number of aliphatic carboxylic acids is 1. The third-order valence-corrected chi connectivity index (χ3v) is 19.9. The summed E-state index contributed by atoms with van der Waals surface area (Å²) in [5.41, 5.74) is 2.72. The number of hydrogen-bond acceptors (Lipinski definition) is 6. The van der Waals surface area contributed by atoms with Gasteiger partial charge < -0.3 is 24.2 Å². The Morgan fingerprint density at radius 1 is 0.967 bits per heavy atom. The maximum absolute atomic E-state index is 15.7. The fraction of sp³-hybridized carbons (Fsp3) is 0.846. The van der Waals surface area contributed by atoms with Gasteiger partial charge in [0.1, 0.15) is 11.9 Å². The Hall–Kier alpha value is -2.68. The number of rotatable bonds is 14. The van der Waals surface area contributed by atoms with Crippen molar-refractivity contribution < 1.29 is 24.2 Å². The standard InChI is InChI=1S/C52H84N4O5/c1-14-15-18-42(61-46(59)40-31-39(45(57)58)49(40,8)9)48(6,7)35-21-23-50(10)36(30-35)19-20-38-43-37(32(2)3)22-24-52(43,26-25-51(38,50)11)47(60)56-27-16-17-41(56)44-53-33(4)34(5)55(44)29-28-54(12)13/h35-43H,2,14-31H2,1,3-13H3,(H,57,58)/t35-,36-,37+,38-,39+,40-,41+,42+,43-,50-,51-,52+/m1/s1. The second kappa shape index (κ2) is 16.7. The minimum atomic E-state index is -0.815. The number of carbonyl (C=O) groups is 3. The highest BCUT2D eigenvalue weighted by atomic mass is 16.5. The summed E-state index contributed by atoms with van der Waals surface area (Å²) in [5, 5.41) is 9.75. The highest BCUT2D eigenvalue weighted by Gasteiger charge is 2.69. The Labute approximate surface area is 369 Å².